The predicted octanol–water partition coefficient (Wildman–Crippen LogP) is 3.86. The Labute approximate surface area is 156 Å². The molecule has 0 atom stereocenters. The lowest BCUT2D eigenvalue weighted by Crippen LogP contribution is -2.02. The minimum Gasteiger partial charge on any atom is -0.478 e. The molecule has 0 bridgehead atoms. The highest BCUT2D eigenvalue weighted by Gasteiger charge is 2.10. The van der Waals surface area contributed by atoms with E-state index in [1.807, 2.05) is 24.3 Å². The van der Waals surface area contributed by atoms with Crippen molar-refractivity contribution in [3.63, 3.8) is 0 Å². The number of tetrazole rings is 1. The summed E-state index contributed by atoms with van der Waals surface area (Å²) in [5.74, 6) is -0.569. The molecular formula is C16H11BrClN5O2. The number of nitrogens with one attached hydrogen (secondary N) is 1. The molecule has 2 aromatic carbocycles. The van der Waals surface area contributed by atoms with E-state index in [-0.39, 0.29) is 5.56 Å². The molecule has 0 unspecified atom stereocenters. The van der Waals surface area contributed by atoms with Gasteiger partial charge in [-0.15, -0.1) is 5.10 Å². The standard InChI is InChI=1S/C16H11BrClN5O2/c17-10-1-4-12(5-2-10)23-15(20-21-22-23)7-8-19-14-9-11(18)3-6-13(14)16(24)25/h1-9,19H,(H,24,25). The van der Waals surface area contributed by atoms with Gasteiger partial charge in [-0.1, -0.05) is 27.5 Å². The number of benzene rings is 2. The van der Waals surface area contributed by atoms with Gasteiger partial charge in [-0.05, 0) is 52.9 Å². The van der Waals surface area contributed by atoms with Crippen LogP contribution < -0.4 is 5.32 Å². The molecule has 0 saturated heterocycles. The van der Waals surface area contributed by atoms with Gasteiger partial charge in [0.1, 0.15) is 0 Å². The molecule has 0 aliphatic heterocycles. The molecule has 9 heteroatoms. The van der Waals surface area contributed by atoms with E-state index in [0.29, 0.717) is 16.5 Å². The lowest BCUT2D eigenvalue weighted by atomic mass is 10.2. The van der Waals surface area contributed by atoms with Gasteiger partial charge in [-0.25, -0.2) is 4.79 Å². The monoisotopic (exact) mass is 419 g/mol. The number of anilines is 1. The first-order valence-electron chi connectivity index (χ1n) is 7.05. The van der Waals surface area contributed by atoms with Crippen molar-refractivity contribution in [1.29, 1.82) is 0 Å². The summed E-state index contributed by atoms with van der Waals surface area (Å²) < 4.78 is 2.51. The molecule has 0 aliphatic rings. The number of aromatic carboxylic acids is 1. The van der Waals surface area contributed by atoms with E-state index < -0.39 is 5.97 Å². The molecule has 0 spiro atoms. The second-order valence-corrected chi connectivity index (χ2v) is 6.25. The first-order chi connectivity index (χ1) is 12.0. The van der Waals surface area contributed by atoms with E-state index in [9.17, 15) is 9.90 Å². The van der Waals surface area contributed by atoms with E-state index in [1.165, 1.54) is 18.2 Å². The number of hydrogen-bond donors (Lipinski definition) is 2. The normalized spacial score (nSPS) is 11.0. The summed E-state index contributed by atoms with van der Waals surface area (Å²) in [5, 5.41) is 24.1. The Hall–Kier alpha value is -2.71. The molecule has 1 heterocycles. The van der Waals surface area contributed by atoms with Gasteiger partial charge < -0.3 is 10.4 Å². The fourth-order valence-electron chi connectivity index (χ4n) is 2.09. The van der Waals surface area contributed by atoms with Crippen LogP contribution >= 0.6 is 27.5 Å². The van der Waals surface area contributed by atoms with Gasteiger partial charge in [-0.3, -0.25) is 0 Å². The largest absolute Gasteiger partial charge is 0.478 e. The summed E-state index contributed by atoms with van der Waals surface area (Å²) >= 11 is 9.30. The summed E-state index contributed by atoms with van der Waals surface area (Å²) in [6, 6.07) is 12.0. The third-order valence-corrected chi connectivity index (χ3v) is 4.01. The summed E-state index contributed by atoms with van der Waals surface area (Å²) in [6.45, 7) is 0. The number of carboxylic acids is 1. The lowest BCUT2D eigenvalue weighted by Gasteiger charge is -2.06. The van der Waals surface area contributed by atoms with E-state index in [2.05, 4.69) is 36.8 Å². The molecule has 7 nitrogen and oxygen atoms in total. The Morgan fingerprint density at radius 1 is 1.24 bits per heavy atom. The number of carbonyl (C=O) groups is 1. The highest BCUT2D eigenvalue weighted by Crippen LogP contribution is 2.21. The van der Waals surface area contributed by atoms with E-state index in [0.717, 1.165) is 10.2 Å². The average molecular weight is 421 g/mol. The number of halogens is 2. The first kappa shape index (κ1) is 17.1. The molecule has 126 valence electrons. The average Bonchev–Trinajstić information content (AvgIpc) is 3.04. The maximum Gasteiger partial charge on any atom is 0.337 e. The second kappa shape index (κ2) is 7.45. The van der Waals surface area contributed by atoms with Gasteiger partial charge in [0.25, 0.3) is 0 Å². The zero-order valence-corrected chi connectivity index (χ0v) is 14.9. The number of hydrogen-bond acceptors (Lipinski definition) is 5. The van der Waals surface area contributed by atoms with E-state index >= 15 is 0 Å². The van der Waals surface area contributed by atoms with Crippen molar-refractivity contribution >= 4 is 45.3 Å². The van der Waals surface area contributed by atoms with Crippen molar-refractivity contribution in [2.24, 2.45) is 0 Å². The molecule has 25 heavy (non-hydrogen) atoms. The molecule has 0 radical (unpaired) electrons. The minimum atomic E-state index is -1.05. The van der Waals surface area contributed by atoms with Crippen LogP contribution in [-0.2, 0) is 0 Å². The van der Waals surface area contributed by atoms with Gasteiger partial charge in [0, 0.05) is 21.8 Å². The SMILES string of the molecule is O=C(O)c1ccc(Cl)cc1NC=Cc1nnnn1-c1ccc(Br)cc1. The van der Waals surface area contributed by atoms with Crippen molar-refractivity contribution in [2.75, 3.05) is 5.32 Å². The van der Waals surface area contributed by atoms with Gasteiger partial charge in [0.15, 0.2) is 5.82 Å². The molecule has 0 amide bonds. The fourth-order valence-corrected chi connectivity index (χ4v) is 2.53. The van der Waals surface area contributed by atoms with Crippen LogP contribution in [0.4, 0.5) is 5.69 Å². The molecule has 3 aromatic rings. The van der Waals surface area contributed by atoms with Crippen LogP contribution in [0.5, 0.6) is 0 Å². The predicted molar refractivity (Wildman–Crippen MR) is 97.9 cm³/mol. The summed E-state index contributed by atoms with van der Waals surface area (Å²) in [6.07, 6.45) is 3.19. The van der Waals surface area contributed by atoms with Crippen LogP contribution in [0.15, 0.2) is 53.1 Å². The van der Waals surface area contributed by atoms with Crippen LogP contribution in [0.2, 0.25) is 5.02 Å². The van der Waals surface area contributed by atoms with Crippen LogP contribution in [0.3, 0.4) is 0 Å². The van der Waals surface area contributed by atoms with Crippen LogP contribution in [0, 0.1) is 0 Å². The van der Waals surface area contributed by atoms with Gasteiger partial charge >= 0.3 is 5.97 Å². The van der Waals surface area contributed by atoms with Crippen molar-refractivity contribution in [3.05, 3.63) is 69.5 Å². The molecule has 0 aliphatic carbocycles. The second-order valence-electron chi connectivity index (χ2n) is 4.90. The number of aromatic nitrogens is 4. The molecule has 0 saturated carbocycles. The van der Waals surface area contributed by atoms with Crippen molar-refractivity contribution in [1.82, 2.24) is 20.2 Å². The molecule has 0 fully saturated rings. The van der Waals surface area contributed by atoms with Crippen LogP contribution in [0.25, 0.3) is 11.8 Å². The fraction of sp³-hybridized carbons (Fsp3) is 0. The maximum absolute atomic E-state index is 11.2. The van der Waals surface area contributed by atoms with E-state index in [1.54, 1.807) is 17.0 Å². The summed E-state index contributed by atoms with van der Waals surface area (Å²) in [5.41, 5.74) is 1.28. The molecule has 1 aromatic heterocycles. The van der Waals surface area contributed by atoms with Crippen LogP contribution in [-0.4, -0.2) is 31.3 Å². The topological polar surface area (TPSA) is 92.9 Å². The zero-order valence-electron chi connectivity index (χ0n) is 12.6. The lowest BCUT2D eigenvalue weighted by molar-refractivity contribution is 0.0698. The van der Waals surface area contributed by atoms with E-state index in [4.69, 9.17) is 11.6 Å². The number of carboxylic acid groups (broad SMARTS) is 1. The quantitative estimate of drug-likeness (QED) is 0.651. The highest BCUT2D eigenvalue weighted by atomic mass is 79.9. The van der Waals surface area contributed by atoms with Crippen LogP contribution in [0.1, 0.15) is 16.2 Å². The molecule has 2 N–H and O–H groups in total. The van der Waals surface area contributed by atoms with Crippen molar-refractivity contribution < 1.29 is 9.90 Å². The third-order valence-electron chi connectivity index (χ3n) is 3.25. The molecule has 3 rings (SSSR count). The highest BCUT2D eigenvalue weighted by molar-refractivity contribution is 9.10. The first-order valence-corrected chi connectivity index (χ1v) is 8.22. The van der Waals surface area contributed by atoms with Crippen molar-refractivity contribution in [2.45, 2.75) is 0 Å². The van der Waals surface area contributed by atoms with Gasteiger partial charge in [0.2, 0.25) is 0 Å². The Kier molecular flexibility index (Phi) is 5.11. The Morgan fingerprint density at radius 2 is 2.00 bits per heavy atom. The number of nitrogens with zero attached hydrogens (tertiary/aromatic N) is 4. The maximum atomic E-state index is 11.2. The Morgan fingerprint density at radius 3 is 2.72 bits per heavy atom. The zero-order chi connectivity index (χ0) is 17.8. The van der Waals surface area contributed by atoms with Crippen molar-refractivity contribution in [3.8, 4) is 5.69 Å². The van der Waals surface area contributed by atoms with Gasteiger partial charge in [-0.2, -0.15) is 4.68 Å². The summed E-state index contributed by atoms with van der Waals surface area (Å²) in [4.78, 5) is 11.2. The Bertz CT molecular complexity index is 940. The van der Waals surface area contributed by atoms with Gasteiger partial charge in [0.05, 0.1) is 16.9 Å². The molecular weight excluding hydrogens is 410 g/mol. The smallest absolute Gasteiger partial charge is 0.337 e. The minimum absolute atomic E-state index is 0.113. The summed E-state index contributed by atoms with van der Waals surface area (Å²) in [7, 11) is 0. The number of rotatable bonds is 5. The third kappa shape index (κ3) is 4.04. The Balaban J connectivity index is 1.83.